The Kier molecular flexibility index (Phi) is 3.06. The summed E-state index contributed by atoms with van der Waals surface area (Å²) in [5.41, 5.74) is 1.39. The number of aryl methyl sites for hydroxylation is 1. The van der Waals surface area contributed by atoms with Crippen LogP contribution in [0.1, 0.15) is 64.6 Å². The van der Waals surface area contributed by atoms with E-state index in [4.69, 9.17) is 4.52 Å². The molecule has 2 heterocycles. The maximum Gasteiger partial charge on any atom is 0.274 e. The van der Waals surface area contributed by atoms with Crippen LogP contribution in [0.5, 0.6) is 0 Å². The molecule has 0 bridgehead atoms. The molecule has 2 fully saturated rings. The van der Waals surface area contributed by atoms with Crippen molar-refractivity contribution in [3.05, 3.63) is 33.6 Å². The average molecular weight is 303 g/mol. The van der Waals surface area contributed by atoms with Crippen LogP contribution in [0.3, 0.4) is 0 Å². The van der Waals surface area contributed by atoms with E-state index in [2.05, 4.69) is 15.5 Å². The first-order chi connectivity index (χ1) is 10.2. The number of carbonyl (C=O) groups excluding carboxylic acids is 1. The standard InChI is InChI=1S/C15H17N3O2S/c1-8-7-21-15(16-8)13(10-4-5-10)17-14(19)11-6-12(20-18-11)9-2-3-9/h6-7,9-10,13H,2-5H2,1H3,(H,17,19)/t13-/m1/s1. The van der Waals surface area contributed by atoms with Gasteiger partial charge in [-0.3, -0.25) is 4.79 Å². The zero-order chi connectivity index (χ0) is 14.4. The molecule has 2 aromatic heterocycles. The first-order valence-corrected chi connectivity index (χ1v) is 8.28. The number of hydrogen-bond acceptors (Lipinski definition) is 5. The fourth-order valence-corrected chi connectivity index (χ4v) is 3.44. The monoisotopic (exact) mass is 303 g/mol. The van der Waals surface area contributed by atoms with Gasteiger partial charge in [0.25, 0.3) is 5.91 Å². The van der Waals surface area contributed by atoms with Gasteiger partial charge in [0.05, 0.1) is 6.04 Å². The quantitative estimate of drug-likeness (QED) is 0.921. The normalized spacial score (nSPS) is 19.5. The van der Waals surface area contributed by atoms with E-state index in [1.165, 1.54) is 0 Å². The number of carbonyl (C=O) groups is 1. The van der Waals surface area contributed by atoms with Crippen molar-refractivity contribution in [2.45, 2.75) is 44.6 Å². The van der Waals surface area contributed by atoms with Crippen LogP contribution in [0.2, 0.25) is 0 Å². The van der Waals surface area contributed by atoms with Crippen LogP contribution in [-0.4, -0.2) is 16.0 Å². The van der Waals surface area contributed by atoms with E-state index in [1.807, 2.05) is 12.3 Å². The number of thiazole rings is 1. The zero-order valence-electron chi connectivity index (χ0n) is 11.8. The van der Waals surface area contributed by atoms with Crippen LogP contribution in [-0.2, 0) is 0 Å². The second kappa shape index (κ2) is 4.94. The van der Waals surface area contributed by atoms with Crippen molar-refractivity contribution in [3.8, 4) is 0 Å². The molecule has 1 N–H and O–H groups in total. The van der Waals surface area contributed by atoms with Gasteiger partial charge in [-0.25, -0.2) is 4.98 Å². The topological polar surface area (TPSA) is 68.0 Å². The van der Waals surface area contributed by atoms with Crippen molar-refractivity contribution < 1.29 is 9.32 Å². The summed E-state index contributed by atoms with van der Waals surface area (Å²) in [5, 5.41) is 10.0. The summed E-state index contributed by atoms with van der Waals surface area (Å²) < 4.78 is 5.25. The van der Waals surface area contributed by atoms with Crippen molar-refractivity contribution in [1.29, 1.82) is 0 Å². The Bertz CT molecular complexity index is 670. The van der Waals surface area contributed by atoms with Crippen molar-refractivity contribution in [3.63, 3.8) is 0 Å². The SMILES string of the molecule is Cc1csc([C@H](NC(=O)c2cc(C3CC3)on2)C2CC2)n1. The molecule has 6 heteroatoms. The second-order valence-corrected chi connectivity index (χ2v) is 6.89. The third kappa shape index (κ3) is 2.72. The predicted molar refractivity (Wildman–Crippen MR) is 78.3 cm³/mol. The molecule has 0 spiro atoms. The zero-order valence-corrected chi connectivity index (χ0v) is 12.7. The molecule has 0 aliphatic heterocycles. The van der Waals surface area contributed by atoms with Crippen LogP contribution in [0.4, 0.5) is 0 Å². The lowest BCUT2D eigenvalue weighted by molar-refractivity contribution is 0.0922. The second-order valence-electron chi connectivity index (χ2n) is 6.00. The third-order valence-corrected chi connectivity index (χ3v) is 5.07. The minimum absolute atomic E-state index is 0.0114. The highest BCUT2D eigenvalue weighted by atomic mass is 32.1. The summed E-state index contributed by atoms with van der Waals surface area (Å²) in [5.74, 6) is 1.66. The Hall–Kier alpha value is -1.69. The molecule has 2 aliphatic carbocycles. The van der Waals surface area contributed by atoms with Gasteiger partial charge >= 0.3 is 0 Å². The first kappa shape index (κ1) is 13.0. The molecule has 1 atom stereocenters. The predicted octanol–water partition coefficient (Wildman–Crippen LogP) is 3.20. The van der Waals surface area contributed by atoms with E-state index >= 15 is 0 Å². The molecular formula is C15H17N3O2S. The molecule has 4 rings (SSSR count). The largest absolute Gasteiger partial charge is 0.360 e. The molecule has 0 saturated heterocycles. The van der Waals surface area contributed by atoms with Gasteiger partial charge < -0.3 is 9.84 Å². The van der Waals surface area contributed by atoms with Crippen molar-refractivity contribution >= 4 is 17.2 Å². The molecular weight excluding hydrogens is 286 g/mol. The maximum absolute atomic E-state index is 12.4. The van der Waals surface area contributed by atoms with Gasteiger partial charge in [-0.1, -0.05) is 5.16 Å². The fourth-order valence-electron chi connectivity index (χ4n) is 2.50. The number of amides is 1. The fraction of sp³-hybridized carbons (Fsp3) is 0.533. The smallest absolute Gasteiger partial charge is 0.274 e. The molecule has 2 aromatic rings. The van der Waals surface area contributed by atoms with Crippen molar-refractivity contribution in [2.75, 3.05) is 0 Å². The van der Waals surface area contributed by atoms with Crippen LogP contribution >= 0.6 is 11.3 Å². The number of nitrogens with zero attached hydrogens (tertiary/aromatic N) is 2. The van der Waals surface area contributed by atoms with E-state index in [9.17, 15) is 4.79 Å². The molecule has 0 unspecified atom stereocenters. The lowest BCUT2D eigenvalue weighted by Gasteiger charge is -2.14. The van der Waals surface area contributed by atoms with Gasteiger partial charge in [-0.05, 0) is 38.5 Å². The van der Waals surface area contributed by atoms with Crippen molar-refractivity contribution in [1.82, 2.24) is 15.5 Å². The van der Waals surface area contributed by atoms with Crippen LogP contribution < -0.4 is 5.32 Å². The average Bonchev–Trinajstić information content (AvgIpc) is 3.40. The van der Waals surface area contributed by atoms with Crippen LogP contribution in [0.15, 0.2) is 16.0 Å². The molecule has 21 heavy (non-hydrogen) atoms. The number of hydrogen-bond donors (Lipinski definition) is 1. The van der Waals surface area contributed by atoms with E-state index in [-0.39, 0.29) is 11.9 Å². The summed E-state index contributed by atoms with van der Waals surface area (Å²) in [4.78, 5) is 16.9. The molecule has 0 radical (unpaired) electrons. The number of aromatic nitrogens is 2. The van der Waals surface area contributed by atoms with Gasteiger partial charge in [-0.15, -0.1) is 11.3 Å². The van der Waals surface area contributed by atoms with E-state index in [0.29, 0.717) is 17.5 Å². The van der Waals surface area contributed by atoms with Gasteiger partial charge in [0, 0.05) is 23.1 Å². The highest BCUT2D eigenvalue weighted by Gasteiger charge is 2.36. The Balaban J connectivity index is 1.50. The Labute approximate surface area is 126 Å². The Morgan fingerprint density at radius 1 is 1.43 bits per heavy atom. The maximum atomic E-state index is 12.4. The van der Waals surface area contributed by atoms with E-state index in [0.717, 1.165) is 42.1 Å². The summed E-state index contributed by atoms with van der Waals surface area (Å²) >= 11 is 1.61. The lowest BCUT2D eigenvalue weighted by Crippen LogP contribution is -2.30. The lowest BCUT2D eigenvalue weighted by atomic mass is 10.2. The minimum Gasteiger partial charge on any atom is -0.360 e. The molecule has 1 amide bonds. The molecule has 110 valence electrons. The van der Waals surface area contributed by atoms with Gasteiger partial charge in [0.2, 0.25) is 0 Å². The summed E-state index contributed by atoms with van der Waals surface area (Å²) in [6.07, 6.45) is 4.57. The Morgan fingerprint density at radius 2 is 2.24 bits per heavy atom. The molecule has 5 nitrogen and oxygen atoms in total. The van der Waals surface area contributed by atoms with Gasteiger partial charge in [-0.2, -0.15) is 0 Å². The molecule has 2 aliphatic rings. The van der Waals surface area contributed by atoms with Gasteiger partial charge in [0.1, 0.15) is 10.8 Å². The molecule has 2 saturated carbocycles. The van der Waals surface area contributed by atoms with Crippen molar-refractivity contribution in [2.24, 2.45) is 5.92 Å². The molecule has 0 aromatic carbocycles. The summed E-state index contributed by atoms with van der Waals surface area (Å²) in [7, 11) is 0. The van der Waals surface area contributed by atoms with Crippen LogP contribution in [0.25, 0.3) is 0 Å². The highest BCUT2D eigenvalue weighted by molar-refractivity contribution is 7.09. The van der Waals surface area contributed by atoms with Crippen LogP contribution in [0, 0.1) is 12.8 Å². The minimum atomic E-state index is -0.157. The van der Waals surface area contributed by atoms with E-state index < -0.39 is 0 Å². The van der Waals surface area contributed by atoms with Gasteiger partial charge in [0.15, 0.2) is 5.69 Å². The highest BCUT2D eigenvalue weighted by Crippen LogP contribution is 2.42. The third-order valence-electron chi connectivity index (χ3n) is 4.02. The summed E-state index contributed by atoms with van der Waals surface area (Å²) in [6, 6.07) is 1.79. The Morgan fingerprint density at radius 3 is 2.86 bits per heavy atom. The first-order valence-electron chi connectivity index (χ1n) is 7.40. The number of rotatable bonds is 5. The number of nitrogens with one attached hydrogen (secondary N) is 1. The van der Waals surface area contributed by atoms with E-state index in [1.54, 1.807) is 17.4 Å². The summed E-state index contributed by atoms with van der Waals surface area (Å²) in [6.45, 7) is 1.98.